The Morgan fingerprint density at radius 3 is 2.82 bits per heavy atom. The van der Waals surface area contributed by atoms with Gasteiger partial charge in [-0.3, -0.25) is 4.79 Å². The Morgan fingerprint density at radius 1 is 1.18 bits per heavy atom. The molecule has 3 rings (SSSR count). The molecule has 0 heterocycles. The molecule has 0 saturated carbocycles. The van der Waals surface area contributed by atoms with Crippen LogP contribution < -0.4 is 5.32 Å². The predicted octanol–water partition coefficient (Wildman–Crippen LogP) is 4.70. The van der Waals surface area contributed by atoms with E-state index in [9.17, 15) is 9.18 Å². The van der Waals surface area contributed by atoms with E-state index in [1.54, 1.807) is 6.07 Å². The average Bonchev–Trinajstić information content (AvgIpc) is 2.95. The highest BCUT2D eigenvalue weighted by Crippen LogP contribution is 2.27. The fraction of sp³-hybridized carbons (Fsp3) is 0.235. The highest BCUT2D eigenvalue weighted by Gasteiger charge is 2.12. The third kappa shape index (κ3) is 3.62. The van der Waals surface area contributed by atoms with E-state index >= 15 is 0 Å². The minimum Gasteiger partial charge on any atom is -0.323 e. The van der Waals surface area contributed by atoms with Gasteiger partial charge in [-0.15, -0.1) is 11.8 Å². The van der Waals surface area contributed by atoms with E-state index in [1.165, 1.54) is 41.4 Å². The van der Waals surface area contributed by atoms with Crippen molar-refractivity contribution in [3.63, 3.8) is 0 Å². The normalized spacial score (nSPS) is 13.0. The molecule has 0 aliphatic heterocycles. The summed E-state index contributed by atoms with van der Waals surface area (Å²) in [5.74, 6) is -0.504. The number of halogens is 2. The molecule has 0 saturated heterocycles. The van der Waals surface area contributed by atoms with E-state index in [2.05, 4.69) is 17.4 Å². The van der Waals surface area contributed by atoms with Gasteiger partial charge in [0, 0.05) is 9.92 Å². The van der Waals surface area contributed by atoms with E-state index in [0.717, 1.165) is 17.7 Å². The van der Waals surface area contributed by atoms with Crippen LogP contribution in [0, 0.1) is 5.82 Å². The maximum Gasteiger partial charge on any atom is 0.234 e. The molecule has 1 amide bonds. The lowest BCUT2D eigenvalue weighted by molar-refractivity contribution is -0.113. The number of amides is 1. The van der Waals surface area contributed by atoms with Crippen molar-refractivity contribution in [1.82, 2.24) is 0 Å². The second-order valence-electron chi connectivity index (χ2n) is 5.25. The smallest absolute Gasteiger partial charge is 0.234 e. The van der Waals surface area contributed by atoms with Crippen LogP contribution in [0.25, 0.3) is 0 Å². The Hall–Kier alpha value is -1.52. The summed E-state index contributed by atoms with van der Waals surface area (Å²) in [4.78, 5) is 13.0. The Labute approximate surface area is 138 Å². The van der Waals surface area contributed by atoms with Crippen LogP contribution in [0.2, 0.25) is 5.02 Å². The first-order valence-electron chi connectivity index (χ1n) is 7.11. The fourth-order valence-corrected chi connectivity index (χ4v) is 3.48. The first kappa shape index (κ1) is 15.4. The van der Waals surface area contributed by atoms with Crippen LogP contribution in [0.3, 0.4) is 0 Å². The molecule has 2 aromatic carbocycles. The zero-order chi connectivity index (χ0) is 15.5. The molecule has 0 aromatic heterocycles. The second kappa shape index (κ2) is 6.71. The van der Waals surface area contributed by atoms with Gasteiger partial charge in [0.05, 0.1) is 11.4 Å². The number of fused-ring (bicyclic) bond motifs is 1. The number of carbonyl (C=O) groups excluding carboxylic acids is 1. The number of hydrogen-bond donors (Lipinski definition) is 1. The summed E-state index contributed by atoms with van der Waals surface area (Å²) in [6.45, 7) is 0. The van der Waals surface area contributed by atoms with Crippen molar-refractivity contribution in [2.45, 2.75) is 24.2 Å². The van der Waals surface area contributed by atoms with E-state index in [-0.39, 0.29) is 17.3 Å². The van der Waals surface area contributed by atoms with Crippen molar-refractivity contribution in [2.75, 3.05) is 11.1 Å². The number of hydrogen-bond acceptors (Lipinski definition) is 2. The van der Waals surface area contributed by atoms with Crippen molar-refractivity contribution in [3.05, 3.63) is 58.4 Å². The number of aryl methyl sites for hydroxylation is 2. The Bertz CT molecular complexity index is 720. The average molecular weight is 336 g/mol. The van der Waals surface area contributed by atoms with Crippen LogP contribution in [-0.4, -0.2) is 11.7 Å². The van der Waals surface area contributed by atoms with Gasteiger partial charge in [0.2, 0.25) is 5.91 Å². The largest absolute Gasteiger partial charge is 0.323 e. The maximum absolute atomic E-state index is 13.6. The summed E-state index contributed by atoms with van der Waals surface area (Å²) in [6, 6.07) is 10.5. The number of nitrogens with one attached hydrogen (secondary N) is 1. The maximum atomic E-state index is 13.6. The highest BCUT2D eigenvalue weighted by molar-refractivity contribution is 8.00. The number of benzene rings is 2. The van der Waals surface area contributed by atoms with Crippen molar-refractivity contribution >= 4 is 35.0 Å². The summed E-state index contributed by atoms with van der Waals surface area (Å²) in [5.41, 5.74) is 2.95. The van der Waals surface area contributed by atoms with E-state index in [1.807, 2.05) is 6.07 Å². The predicted molar refractivity (Wildman–Crippen MR) is 89.2 cm³/mol. The van der Waals surface area contributed by atoms with Gasteiger partial charge in [-0.05, 0) is 60.7 Å². The zero-order valence-corrected chi connectivity index (χ0v) is 13.4. The molecule has 0 atom stereocenters. The quantitative estimate of drug-likeness (QED) is 0.821. The molecule has 1 aliphatic carbocycles. The molecule has 2 nitrogen and oxygen atoms in total. The van der Waals surface area contributed by atoms with Gasteiger partial charge in [-0.2, -0.15) is 0 Å². The highest BCUT2D eigenvalue weighted by atomic mass is 35.5. The molecule has 5 heteroatoms. The van der Waals surface area contributed by atoms with Crippen LogP contribution in [0.1, 0.15) is 17.5 Å². The minimum atomic E-state index is -0.525. The molecule has 0 unspecified atom stereocenters. The monoisotopic (exact) mass is 335 g/mol. The van der Waals surface area contributed by atoms with Gasteiger partial charge >= 0.3 is 0 Å². The molecule has 0 radical (unpaired) electrons. The number of anilines is 1. The van der Waals surface area contributed by atoms with Gasteiger partial charge in [0.15, 0.2) is 0 Å². The van der Waals surface area contributed by atoms with Gasteiger partial charge in [0.1, 0.15) is 5.82 Å². The van der Waals surface area contributed by atoms with Gasteiger partial charge in [-0.1, -0.05) is 17.7 Å². The van der Waals surface area contributed by atoms with Crippen molar-refractivity contribution in [1.29, 1.82) is 0 Å². The molecule has 1 N–H and O–H groups in total. The molecule has 0 spiro atoms. The van der Waals surface area contributed by atoms with Gasteiger partial charge in [-0.25, -0.2) is 4.39 Å². The molecular weight excluding hydrogens is 321 g/mol. The zero-order valence-electron chi connectivity index (χ0n) is 11.9. The van der Waals surface area contributed by atoms with Gasteiger partial charge in [0.25, 0.3) is 0 Å². The fourth-order valence-electron chi connectivity index (χ4n) is 2.56. The molecule has 1 aliphatic rings. The molecule has 114 valence electrons. The van der Waals surface area contributed by atoms with Crippen LogP contribution in [0.5, 0.6) is 0 Å². The molecular formula is C17H15ClFNOS. The third-order valence-electron chi connectivity index (χ3n) is 3.65. The molecule has 2 aromatic rings. The summed E-state index contributed by atoms with van der Waals surface area (Å²) in [7, 11) is 0. The van der Waals surface area contributed by atoms with E-state index in [0.29, 0.717) is 5.02 Å². The van der Waals surface area contributed by atoms with Crippen LogP contribution in [0.4, 0.5) is 10.1 Å². The summed E-state index contributed by atoms with van der Waals surface area (Å²) in [6.07, 6.45) is 3.47. The topological polar surface area (TPSA) is 29.1 Å². The summed E-state index contributed by atoms with van der Waals surface area (Å²) < 4.78 is 13.6. The minimum absolute atomic E-state index is 0.156. The van der Waals surface area contributed by atoms with E-state index < -0.39 is 5.82 Å². The second-order valence-corrected chi connectivity index (χ2v) is 6.73. The lowest BCUT2D eigenvalue weighted by Gasteiger charge is -2.07. The first-order valence-corrected chi connectivity index (χ1v) is 8.48. The lowest BCUT2D eigenvalue weighted by Crippen LogP contribution is -2.15. The number of carbonyl (C=O) groups is 1. The summed E-state index contributed by atoms with van der Waals surface area (Å²) in [5, 5.41) is 2.87. The van der Waals surface area contributed by atoms with Crippen molar-refractivity contribution in [3.8, 4) is 0 Å². The first-order chi connectivity index (χ1) is 10.6. The third-order valence-corrected chi connectivity index (χ3v) is 4.87. The van der Waals surface area contributed by atoms with Crippen LogP contribution in [-0.2, 0) is 17.6 Å². The number of rotatable bonds is 4. The van der Waals surface area contributed by atoms with Crippen molar-refractivity contribution < 1.29 is 9.18 Å². The summed E-state index contributed by atoms with van der Waals surface area (Å²) >= 11 is 7.15. The Morgan fingerprint density at radius 2 is 2.00 bits per heavy atom. The van der Waals surface area contributed by atoms with Crippen LogP contribution in [0.15, 0.2) is 41.3 Å². The molecule has 0 fully saturated rings. The van der Waals surface area contributed by atoms with E-state index in [4.69, 9.17) is 11.6 Å². The molecule has 0 bridgehead atoms. The van der Waals surface area contributed by atoms with Gasteiger partial charge < -0.3 is 5.32 Å². The SMILES string of the molecule is O=C(CSc1ccc2c(c1)CCC2)Nc1ccc(Cl)cc1F. The lowest BCUT2D eigenvalue weighted by atomic mass is 10.1. The standard InChI is InChI=1S/C17H15ClFNOS/c18-13-5-7-16(15(19)9-13)20-17(21)10-22-14-6-4-11-2-1-3-12(11)8-14/h4-9H,1-3,10H2,(H,20,21). The van der Waals surface area contributed by atoms with Crippen LogP contribution >= 0.6 is 23.4 Å². The Balaban J connectivity index is 1.58. The molecule has 22 heavy (non-hydrogen) atoms. The number of thioether (sulfide) groups is 1. The Kier molecular flexibility index (Phi) is 4.69. The van der Waals surface area contributed by atoms with Crippen molar-refractivity contribution in [2.24, 2.45) is 0 Å².